The third kappa shape index (κ3) is 7.89. The highest BCUT2D eigenvalue weighted by Gasteiger charge is 2.22. The molecule has 268 valence electrons. The SMILES string of the molecule is CCN(CC)c1ccc2c(c1)OC(c1ccccc1)=C/C2=C\C=C1/CCCC(/C=C/c2cc(-c3ccccc3)[o+]c3cc(N(CC)CC)ccc23)=C1Cl. The predicted molar refractivity (Wildman–Crippen MR) is 226 cm³/mol. The van der Waals surface area contributed by atoms with Crippen molar-refractivity contribution < 1.29 is 9.15 Å². The highest BCUT2D eigenvalue weighted by molar-refractivity contribution is 6.32. The smallest absolute Gasteiger partial charge is 0.363 e. The average Bonchev–Trinajstić information content (AvgIpc) is 3.21. The van der Waals surface area contributed by atoms with E-state index in [0.29, 0.717) is 0 Å². The van der Waals surface area contributed by atoms with Gasteiger partial charge in [-0.1, -0.05) is 84.4 Å². The lowest BCUT2D eigenvalue weighted by molar-refractivity contribution is 0.509. The van der Waals surface area contributed by atoms with Gasteiger partial charge in [-0.05, 0) is 106 Å². The van der Waals surface area contributed by atoms with Crippen molar-refractivity contribution in [3.05, 3.63) is 160 Å². The van der Waals surface area contributed by atoms with Crippen LogP contribution in [0.25, 0.3) is 39.7 Å². The number of fused-ring (bicyclic) bond motifs is 2. The van der Waals surface area contributed by atoms with Crippen LogP contribution in [0.4, 0.5) is 11.4 Å². The quantitative estimate of drug-likeness (QED) is 0.127. The van der Waals surface area contributed by atoms with Crippen LogP contribution in [0.15, 0.2) is 148 Å². The van der Waals surface area contributed by atoms with E-state index in [1.807, 2.05) is 36.4 Å². The Kier molecular flexibility index (Phi) is 11.3. The summed E-state index contributed by atoms with van der Waals surface area (Å²) in [6.07, 6.45) is 13.9. The summed E-state index contributed by atoms with van der Waals surface area (Å²) in [4.78, 5) is 4.69. The second-order valence-electron chi connectivity index (χ2n) is 13.5. The largest absolute Gasteiger partial charge is 0.456 e. The molecule has 0 unspecified atom stereocenters. The van der Waals surface area contributed by atoms with E-state index in [9.17, 15) is 0 Å². The molecule has 0 fully saturated rings. The molecule has 53 heavy (non-hydrogen) atoms. The second-order valence-corrected chi connectivity index (χ2v) is 13.8. The number of allylic oxidation sites excluding steroid dienone is 8. The van der Waals surface area contributed by atoms with E-state index in [4.69, 9.17) is 20.8 Å². The number of nitrogens with zero attached hydrogens (tertiary/aromatic N) is 2. The van der Waals surface area contributed by atoms with Crippen molar-refractivity contribution in [3.8, 4) is 17.1 Å². The van der Waals surface area contributed by atoms with Crippen molar-refractivity contribution in [1.82, 2.24) is 0 Å². The highest BCUT2D eigenvalue weighted by atomic mass is 35.5. The zero-order chi connectivity index (χ0) is 36.7. The molecule has 2 heterocycles. The topological polar surface area (TPSA) is 27.0 Å². The Hall–Kier alpha value is -5.32. The molecule has 1 aliphatic carbocycles. The number of hydrogen-bond donors (Lipinski definition) is 0. The molecule has 1 aromatic heterocycles. The number of ether oxygens (including phenoxy) is 1. The summed E-state index contributed by atoms with van der Waals surface area (Å²) < 4.78 is 13.1. The van der Waals surface area contributed by atoms with Gasteiger partial charge in [-0.25, -0.2) is 4.42 Å². The lowest BCUT2D eigenvalue weighted by Crippen LogP contribution is -2.21. The first-order valence-electron chi connectivity index (χ1n) is 19.0. The lowest BCUT2D eigenvalue weighted by Gasteiger charge is -2.25. The van der Waals surface area contributed by atoms with E-state index in [1.54, 1.807) is 0 Å². The molecule has 0 atom stereocenters. The summed E-state index contributed by atoms with van der Waals surface area (Å²) in [7, 11) is 0. The van der Waals surface area contributed by atoms with Crippen LogP contribution in [0, 0.1) is 0 Å². The maximum atomic E-state index is 7.24. The van der Waals surface area contributed by atoms with Crippen molar-refractivity contribution in [2.24, 2.45) is 0 Å². The van der Waals surface area contributed by atoms with Crippen LogP contribution in [-0.2, 0) is 0 Å². The Balaban J connectivity index is 1.25. The van der Waals surface area contributed by atoms with E-state index < -0.39 is 0 Å². The molecule has 5 heteroatoms. The molecule has 7 rings (SSSR count). The number of hydrogen-bond acceptors (Lipinski definition) is 3. The van der Waals surface area contributed by atoms with Gasteiger partial charge in [-0.3, -0.25) is 0 Å². The fraction of sp³-hybridized carbons (Fsp3) is 0.229. The number of benzene rings is 4. The van der Waals surface area contributed by atoms with Crippen molar-refractivity contribution in [1.29, 1.82) is 0 Å². The van der Waals surface area contributed by atoms with Crippen molar-refractivity contribution >= 4 is 51.4 Å². The summed E-state index contributed by atoms with van der Waals surface area (Å²) in [6.45, 7) is 12.5. The normalized spacial score (nSPS) is 15.9. The summed E-state index contributed by atoms with van der Waals surface area (Å²) >= 11 is 7.24. The zero-order valence-electron chi connectivity index (χ0n) is 31.2. The van der Waals surface area contributed by atoms with Gasteiger partial charge in [-0.15, -0.1) is 0 Å². The minimum Gasteiger partial charge on any atom is -0.456 e. The minimum absolute atomic E-state index is 0.831. The summed E-state index contributed by atoms with van der Waals surface area (Å²) in [5, 5.41) is 1.91. The predicted octanol–water partition coefficient (Wildman–Crippen LogP) is 13.2. The molecule has 0 saturated carbocycles. The number of rotatable bonds is 11. The van der Waals surface area contributed by atoms with Crippen LogP contribution in [-0.4, -0.2) is 26.2 Å². The number of halogens is 1. The van der Waals surface area contributed by atoms with Crippen LogP contribution >= 0.6 is 11.6 Å². The maximum absolute atomic E-state index is 7.24. The lowest BCUT2D eigenvalue weighted by atomic mass is 9.92. The molecule has 0 amide bonds. The third-order valence-corrected chi connectivity index (χ3v) is 10.8. The maximum Gasteiger partial charge on any atom is 0.363 e. The molecule has 0 radical (unpaired) electrons. The first-order chi connectivity index (χ1) is 26.0. The van der Waals surface area contributed by atoms with Crippen molar-refractivity contribution in [2.75, 3.05) is 36.0 Å². The molecular weight excluding hydrogens is 672 g/mol. The van der Waals surface area contributed by atoms with Gasteiger partial charge < -0.3 is 14.5 Å². The summed E-state index contributed by atoms with van der Waals surface area (Å²) in [6, 6.07) is 35.9. The molecule has 0 bridgehead atoms. The summed E-state index contributed by atoms with van der Waals surface area (Å²) in [5.74, 6) is 2.55. The van der Waals surface area contributed by atoms with Gasteiger partial charge in [0.25, 0.3) is 0 Å². The third-order valence-electron chi connectivity index (χ3n) is 10.3. The molecule has 2 aliphatic rings. The fourth-order valence-corrected chi connectivity index (χ4v) is 7.64. The van der Waals surface area contributed by atoms with Gasteiger partial charge >= 0.3 is 11.3 Å². The van der Waals surface area contributed by atoms with Gasteiger partial charge in [0.15, 0.2) is 0 Å². The first kappa shape index (κ1) is 36.1. The molecule has 0 N–H and O–H groups in total. The van der Waals surface area contributed by atoms with Gasteiger partial charge in [0.2, 0.25) is 0 Å². The minimum atomic E-state index is 0.831. The van der Waals surface area contributed by atoms with E-state index in [1.165, 1.54) is 0 Å². The molecule has 5 aromatic rings. The van der Waals surface area contributed by atoms with Gasteiger partial charge in [0.1, 0.15) is 11.5 Å². The van der Waals surface area contributed by atoms with E-state index in [0.717, 1.165) is 129 Å². The van der Waals surface area contributed by atoms with Crippen LogP contribution < -0.4 is 14.5 Å². The van der Waals surface area contributed by atoms with Crippen LogP contribution in [0.5, 0.6) is 5.75 Å². The highest BCUT2D eigenvalue weighted by Crippen LogP contribution is 2.41. The van der Waals surface area contributed by atoms with Crippen molar-refractivity contribution in [3.63, 3.8) is 0 Å². The first-order valence-corrected chi connectivity index (χ1v) is 19.4. The standard InChI is InChI=1S/C48H48ClN2O2/c1-5-50(6-2)40-26-28-42-38(30-44(52-46(42)32-40)34-16-11-9-12-17-34)24-22-36-20-15-21-37(48(36)49)23-25-39-31-45(35-18-13-10-14-19-35)53-47-33-41(27-29-43(39)47)51(7-3)8-4/h9-14,16-19,22-33H,5-8,15,20-21H2,1-4H3/q+1. The van der Waals surface area contributed by atoms with Gasteiger partial charge in [0.05, 0.1) is 23.1 Å². The molecule has 0 saturated heterocycles. The molecule has 4 aromatic carbocycles. The van der Waals surface area contributed by atoms with Crippen LogP contribution in [0.3, 0.4) is 0 Å². The average molecular weight is 720 g/mol. The van der Waals surface area contributed by atoms with Gasteiger partial charge in [-0.2, -0.15) is 0 Å². The molecule has 0 spiro atoms. The monoisotopic (exact) mass is 719 g/mol. The molecular formula is C48H48ClN2O2+. The Morgan fingerprint density at radius 3 is 2.06 bits per heavy atom. The summed E-state index contributed by atoms with van der Waals surface area (Å²) in [5.41, 5.74) is 10.9. The fourth-order valence-electron chi connectivity index (χ4n) is 7.33. The molecule has 1 aliphatic heterocycles. The van der Waals surface area contributed by atoms with Crippen LogP contribution in [0.2, 0.25) is 0 Å². The van der Waals surface area contributed by atoms with E-state index >= 15 is 0 Å². The Morgan fingerprint density at radius 1 is 0.698 bits per heavy atom. The number of anilines is 2. The Labute approximate surface area is 319 Å². The van der Waals surface area contributed by atoms with Crippen molar-refractivity contribution in [2.45, 2.75) is 47.0 Å². The second kappa shape index (κ2) is 16.6. The zero-order valence-corrected chi connectivity index (χ0v) is 32.0. The van der Waals surface area contributed by atoms with E-state index in [-0.39, 0.29) is 0 Å². The van der Waals surface area contributed by atoms with E-state index in [2.05, 4.69) is 135 Å². The van der Waals surface area contributed by atoms with Gasteiger partial charge in [0, 0.05) is 65.3 Å². The van der Waals surface area contributed by atoms with Crippen LogP contribution in [0.1, 0.15) is 63.6 Å². The Bertz CT molecular complexity index is 2240. The molecule has 4 nitrogen and oxygen atoms in total. The Morgan fingerprint density at radius 2 is 1.36 bits per heavy atom.